The maximum absolute atomic E-state index is 12.3. The molecule has 0 amide bonds. The highest BCUT2D eigenvalue weighted by molar-refractivity contribution is 6.20. The van der Waals surface area contributed by atoms with Gasteiger partial charge in [0.2, 0.25) is 5.79 Å². The Labute approximate surface area is 124 Å². The van der Waals surface area contributed by atoms with Crippen LogP contribution in [0.1, 0.15) is 39.2 Å². The lowest BCUT2D eigenvalue weighted by atomic mass is 9.86. The number of benzene rings is 1. The SMILES string of the molecule is COc1ccc(C2=C3CCC(C)(C)O[C@@]3(C)OC2=O)cc1. The molecule has 2 aliphatic heterocycles. The van der Waals surface area contributed by atoms with E-state index < -0.39 is 5.79 Å². The zero-order valence-electron chi connectivity index (χ0n) is 12.9. The van der Waals surface area contributed by atoms with E-state index in [2.05, 4.69) is 0 Å². The average Bonchev–Trinajstić information content (AvgIpc) is 2.66. The first-order valence-corrected chi connectivity index (χ1v) is 7.16. The molecule has 0 bridgehead atoms. The lowest BCUT2D eigenvalue weighted by Crippen LogP contribution is -2.45. The van der Waals surface area contributed by atoms with Gasteiger partial charge in [-0.3, -0.25) is 0 Å². The second-order valence-corrected chi connectivity index (χ2v) is 6.28. The molecule has 1 aromatic carbocycles. The molecule has 0 radical (unpaired) electrons. The number of ether oxygens (including phenoxy) is 3. The van der Waals surface area contributed by atoms with Gasteiger partial charge in [-0.25, -0.2) is 4.79 Å². The molecule has 1 fully saturated rings. The first kappa shape index (κ1) is 14.1. The molecule has 0 spiro atoms. The molecule has 0 N–H and O–H groups in total. The lowest BCUT2D eigenvalue weighted by Gasteiger charge is -2.41. The number of rotatable bonds is 2. The molecule has 0 unspecified atom stereocenters. The number of carbonyl (C=O) groups is 1. The average molecular weight is 288 g/mol. The molecule has 21 heavy (non-hydrogen) atoms. The molecular weight excluding hydrogens is 268 g/mol. The van der Waals surface area contributed by atoms with Gasteiger partial charge in [0.25, 0.3) is 0 Å². The van der Waals surface area contributed by atoms with Gasteiger partial charge in [-0.15, -0.1) is 0 Å². The number of fused-ring (bicyclic) bond motifs is 1. The monoisotopic (exact) mass is 288 g/mol. The van der Waals surface area contributed by atoms with Crippen LogP contribution in [0.3, 0.4) is 0 Å². The van der Waals surface area contributed by atoms with E-state index in [9.17, 15) is 4.79 Å². The summed E-state index contributed by atoms with van der Waals surface area (Å²) in [4.78, 5) is 12.3. The Morgan fingerprint density at radius 1 is 1.14 bits per heavy atom. The van der Waals surface area contributed by atoms with Gasteiger partial charge in [-0.05, 0) is 44.4 Å². The molecule has 1 atom stereocenters. The van der Waals surface area contributed by atoms with Gasteiger partial charge < -0.3 is 14.2 Å². The van der Waals surface area contributed by atoms with E-state index in [1.807, 2.05) is 45.0 Å². The summed E-state index contributed by atoms with van der Waals surface area (Å²) >= 11 is 0. The van der Waals surface area contributed by atoms with Crippen LogP contribution in [0.4, 0.5) is 0 Å². The van der Waals surface area contributed by atoms with Crippen molar-refractivity contribution in [2.24, 2.45) is 0 Å². The van der Waals surface area contributed by atoms with E-state index in [1.165, 1.54) is 0 Å². The van der Waals surface area contributed by atoms with Crippen LogP contribution >= 0.6 is 0 Å². The maximum Gasteiger partial charge on any atom is 0.341 e. The highest BCUT2D eigenvalue weighted by atomic mass is 16.7. The molecule has 1 aromatic rings. The molecule has 0 aliphatic carbocycles. The van der Waals surface area contributed by atoms with Crippen molar-refractivity contribution in [3.63, 3.8) is 0 Å². The molecule has 0 saturated carbocycles. The van der Waals surface area contributed by atoms with Crippen LogP contribution in [0.5, 0.6) is 5.75 Å². The highest BCUT2D eigenvalue weighted by Crippen LogP contribution is 2.47. The van der Waals surface area contributed by atoms with Crippen molar-refractivity contribution in [3.8, 4) is 5.75 Å². The van der Waals surface area contributed by atoms with Crippen molar-refractivity contribution in [2.75, 3.05) is 7.11 Å². The Bertz CT molecular complexity index is 612. The van der Waals surface area contributed by atoms with Gasteiger partial charge in [0.1, 0.15) is 5.75 Å². The van der Waals surface area contributed by atoms with Crippen LogP contribution in [-0.4, -0.2) is 24.5 Å². The molecule has 4 nitrogen and oxygen atoms in total. The fraction of sp³-hybridized carbons (Fsp3) is 0.471. The minimum Gasteiger partial charge on any atom is -0.497 e. The summed E-state index contributed by atoms with van der Waals surface area (Å²) < 4.78 is 16.7. The third-order valence-electron chi connectivity index (χ3n) is 4.17. The molecule has 4 heteroatoms. The molecule has 2 aliphatic rings. The summed E-state index contributed by atoms with van der Waals surface area (Å²) in [7, 11) is 1.62. The minimum absolute atomic E-state index is 0.284. The Hall–Kier alpha value is -1.81. The first-order valence-electron chi connectivity index (χ1n) is 7.16. The zero-order chi connectivity index (χ0) is 15.3. The summed E-state index contributed by atoms with van der Waals surface area (Å²) in [5, 5.41) is 0. The standard InChI is InChI=1S/C17H20O4/c1-16(2)10-9-13-14(15(18)20-17(13,3)21-16)11-5-7-12(19-4)8-6-11/h5-8H,9-10H2,1-4H3/t17-/m1/s1. The quantitative estimate of drug-likeness (QED) is 0.783. The van der Waals surface area contributed by atoms with E-state index >= 15 is 0 Å². The largest absolute Gasteiger partial charge is 0.497 e. The van der Waals surface area contributed by atoms with Crippen molar-refractivity contribution < 1.29 is 19.0 Å². The van der Waals surface area contributed by atoms with Gasteiger partial charge in [0.05, 0.1) is 18.3 Å². The van der Waals surface area contributed by atoms with Gasteiger partial charge in [0, 0.05) is 12.5 Å². The van der Waals surface area contributed by atoms with Crippen molar-refractivity contribution >= 4 is 11.5 Å². The molecule has 112 valence electrons. The zero-order valence-corrected chi connectivity index (χ0v) is 12.9. The topological polar surface area (TPSA) is 44.8 Å². The van der Waals surface area contributed by atoms with Gasteiger partial charge in [0.15, 0.2) is 0 Å². The fourth-order valence-corrected chi connectivity index (χ4v) is 3.13. The molecule has 0 aromatic heterocycles. The van der Waals surface area contributed by atoms with E-state index in [0.29, 0.717) is 5.57 Å². The Kier molecular flexibility index (Phi) is 3.10. The second kappa shape index (κ2) is 4.60. The maximum atomic E-state index is 12.3. The van der Waals surface area contributed by atoms with Gasteiger partial charge >= 0.3 is 5.97 Å². The summed E-state index contributed by atoms with van der Waals surface area (Å²) in [5.41, 5.74) is 2.14. The molecule has 2 heterocycles. The van der Waals surface area contributed by atoms with Crippen molar-refractivity contribution in [2.45, 2.75) is 45.0 Å². The third-order valence-corrected chi connectivity index (χ3v) is 4.17. The molecule has 3 rings (SSSR count). The van der Waals surface area contributed by atoms with Crippen LogP contribution in [0.2, 0.25) is 0 Å². The Morgan fingerprint density at radius 2 is 1.81 bits per heavy atom. The van der Waals surface area contributed by atoms with Crippen LogP contribution < -0.4 is 4.74 Å². The number of esters is 1. The van der Waals surface area contributed by atoms with Crippen LogP contribution in [-0.2, 0) is 14.3 Å². The predicted molar refractivity (Wildman–Crippen MR) is 78.8 cm³/mol. The highest BCUT2D eigenvalue weighted by Gasteiger charge is 2.51. The fourth-order valence-electron chi connectivity index (χ4n) is 3.13. The van der Waals surface area contributed by atoms with E-state index in [1.54, 1.807) is 7.11 Å². The number of hydrogen-bond donors (Lipinski definition) is 0. The smallest absolute Gasteiger partial charge is 0.341 e. The van der Waals surface area contributed by atoms with E-state index in [0.717, 1.165) is 29.7 Å². The first-order chi connectivity index (χ1) is 9.85. The van der Waals surface area contributed by atoms with Crippen molar-refractivity contribution in [1.29, 1.82) is 0 Å². The summed E-state index contributed by atoms with van der Waals surface area (Å²) in [6, 6.07) is 7.46. The van der Waals surface area contributed by atoms with E-state index in [-0.39, 0.29) is 11.6 Å². The van der Waals surface area contributed by atoms with Gasteiger partial charge in [-0.1, -0.05) is 12.1 Å². The van der Waals surface area contributed by atoms with Crippen LogP contribution in [0, 0.1) is 0 Å². The lowest BCUT2D eigenvalue weighted by molar-refractivity contribution is -0.246. The van der Waals surface area contributed by atoms with Crippen LogP contribution in [0.15, 0.2) is 29.8 Å². The van der Waals surface area contributed by atoms with Gasteiger partial charge in [-0.2, -0.15) is 0 Å². The minimum atomic E-state index is -0.936. The predicted octanol–water partition coefficient (Wildman–Crippen LogP) is 3.31. The number of carbonyl (C=O) groups excluding carboxylic acids is 1. The van der Waals surface area contributed by atoms with Crippen LogP contribution in [0.25, 0.3) is 5.57 Å². The Balaban J connectivity index is 2.04. The third kappa shape index (κ3) is 2.33. The van der Waals surface area contributed by atoms with E-state index in [4.69, 9.17) is 14.2 Å². The summed E-state index contributed by atoms with van der Waals surface area (Å²) in [6.45, 7) is 5.88. The Morgan fingerprint density at radius 3 is 2.43 bits per heavy atom. The summed E-state index contributed by atoms with van der Waals surface area (Å²) in [6.07, 6.45) is 1.67. The van der Waals surface area contributed by atoms with Crippen molar-refractivity contribution in [3.05, 3.63) is 35.4 Å². The molecular formula is C17H20O4. The summed E-state index contributed by atoms with van der Waals surface area (Å²) in [5.74, 6) is -0.483. The second-order valence-electron chi connectivity index (χ2n) is 6.28. The van der Waals surface area contributed by atoms with Crippen molar-refractivity contribution in [1.82, 2.24) is 0 Å². The normalized spacial score (nSPS) is 27.3. The number of hydrogen-bond acceptors (Lipinski definition) is 4. The number of methoxy groups -OCH3 is 1. The molecule has 1 saturated heterocycles.